The van der Waals surface area contributed by atoms with Gasteiger partial charge >= 0.3 is 6.09 Å². The Balaban J connectivity index is 1.85. The number of rotatable bonds is 2. The molecule has 1 atom stereocenters. The summed E-state index contributed by atoms with van der Waals surface area (Å²) in [6.07, 6.45) is -0.394. The van der Waals surface area contributed by atoms with E-state index in [1.807, 2.05) is 4.90 Å². The summed E-state index contributed by atoms with van der Waals surface area (Å²) in [6, 6.07) is 2.47. The van der Waals surface area contributed by atoms with E-state index in [1.165, 1.54) is 12.1 Å². The molecule has 0 aromatic heterocycles. The van der Waals surface area contributed by atoms with Crippen LogP contribution in [0.15, 0.2) is 12.1 Å². The first-order valence-electron chi connectivity index (χ1n) is 8.56. The van der Waals surface area contributed by atoms with Crippen LogP contribution in [0.4, 0.5) is 16.2 Å². The lowest BCUT2D eigenvalue weighted by Crippen LogP contribution is -2.59. The maximum atomic E-state index is 12.3. The predicted molar refractivity (Wildman–Crippen MR) is 96.1 cm³/mol. The summed E-state index contributed by atoms with van der Waals surface area (Å²) in [5.41, 5.74) is 4.73. The summed E-state index contributed by atoms with van der Waals surface area (Å²) >= 11 is 0. The molecule has 10 heteroatoms. The number of hydrogen-bond acceptors (Lipinski definition) is 7. The highest BCUT2D eigenvalue weighted by Crippen LogP contribution is 2.40. The molecule has 2 aliphatic heterocycles. The van der Waals surface area contributed by atoms with Gasteiger partial charge in [-0.15, -0.1) is 0 Å². The van der Waals surface area contributed by atoms with Crippen molar-refractivity contribution in [2.75, 3.05) is 31.1 Å². The molecule has 10 nitrogen and oxygen atoms in total. The largest absolute Gasteiger partial charge is 0.489 e. The van der Waals surface area contributed by atoms with Crippen LogP contribution in [0.3, 0.4) is 0 Å². The highest BCUT2D eigenvalue weighted by molar-refractivity contribution is 5.98. The van der Waals surface area contributed by atoms with Crippen molar-refractivity contribution in [2.45, 2.75) is 32.4 Å². The lowest BCUT2D eigenvalue weighted by atomic mass is 10.0. The van der Waals surface area contributed by atoms with Gasteiger partial charge in [-0.3, -0.25) is 14.9 Å². The van der Waals surface area contributed by atoms with Gasteiger partial charge in [0.05, 0.1) is 22.7 Å². The molecule has 0 aliphatic carbocycles. The Bertz CT molecular complexity index is 803. The molecule has 0 radical (unpaired) electrons. The Morgan fingerprint density at radius 1 is 1.33 bits per heavy atom. The van der Waals surface area contributed by atoms with Crippen LogP contribution in [0.25, 0.3) is 0 Å². The monoisotopic (exact) mass is 378 g/mol. The highest BCUT2D eigenvalue weighted by atomic mass is 16.6. The lowest BCUT2D eigenvalue weighted by Gasteiger charge is -2.45. The lowest BCUT2D eigenvalue weighted by molar-refractivity contribution is -0.385. The van der Waals surface area contributed by atoms with Gasteiger partial charge in [-0.1, -0.05) is 0 Å². The summed E-state index contributed by atoms with van der Waals surface area (Å²) < 4.78 is 11.1. The second kappa shape index (κ2) is 6.60. The summed E-state index contributed by atoms with van der Waals surface area (Å²) in [7, 11) is 0. The fourth-order valence-electron chi connectivity index (χ4n) is 3.24. The van der Waals surface area contributed by atoms with E-state index in [0.29, 0.717) is 31.1 Å². The van der Waals surface area contributed by atoms with E-state index < -0.39 is 22.5 Å². The Hall–Kier alpha value is -3.04. The van der Waals surface area contributed by atoms with E-state index in [4.69, 9.17) is 15.2 Å². The molecular formula is C17H22N4O6. The fraction of sp³-hybridized carbons (Fsp3) is 0.529. The molecule has 146 valence electrons. The number of ether oxygens (including phenoxy) is 2. The minimum atomic E-state index is -0.876. The Labute approximate surface area is 155 Å². The second-order valence-electron chi connectivity index (χ2n) is 7.54. The van der Waals surface area contributed by atoms with Crippen molar-refractivity contribution in [3.05, 3.63) is 27.8 Å². The third-order valence-electron chi connectivity index (χ3n) is 4.41. The van der Waals surface area contributed by atoms with Crippen LogP contribution in [0.1, 0.15) is 31.1 Å². The van der Waals surface area contributed by atoms with E-state index in [1.54, 1.807) is 25.7 Å². The third kappa shape index (κ3) is 3.74. The minimum Gasteiger partial charge on any atom is -0.489 e. The molecule has 1 fully saturated rings. The zero-order valence-corrected chi connectivity index (χ0v) is 15.4. The number of nitrogens with two attached hydrogens (primary N) is 1. The standard InChI is InChI=1S/C17H22N4O6/c1-17(2,3)27-16(23)19-4-5-20-10(8-19)9-26-14-7-12(21(24)25)11(15(18)22)6-13(14)20/h6-7,10H,4-5,8-9H2,1-3H3,(H2,18,22). The molecule has 1 aromatic rings. The van der Waals surface area contributed by atoms with E-state index >= 15 is 0 Å². The number of carbonyl (C=O) groups is 2. The Morgan fingerprint density at radius 2 is 2.04 bits per heavy atom. The van der Waals surface area contributed by atoms with E-state index in [9.17, 15) is 19.7 Å². The van der Waals surface area contributed by atoms with Crippen molar-refractivity contribution in [1.29, 1.82) is 0 Å². The molecule has 2 N–H and O–H groups in total. The van der Waals surface area contributed by atoms with Gasteiger partial charge in [0, 0.05) is 19.6 Å². The first-order valence-corrected chi connectivity index (χ1v) is 8.56. The van der Waals surface area contributed by atoms with Gasteiger partial charge in [0.2, 0.25) is 0 Å². The van der Waals surface area contributed by atoms with Crippen LogP contribution in [-0.2, 0) is 4.74 Å². The smallest absolute Gasteiger partial charge is 0.410 e. The number of fused-ring (bicyclic) bond motifs is 3. The molecule has 1 unspecified atom stereocenters. The molecule has 1 aromatic carbocycles. The van der Waals surface area contributed by atoms with Crippen LogP contribution < -0.4 is 15.4 Å². The Kier molecular flexibility index (Phi) is 4.58. The van der Waals surface area contributed by atoms with E-state index in [-0.39, 0.29) is 23.9 Å². The Morgan fingerprint density at radius 3 is 2.63 bits per heavy atom. The summed E-state index contributed by atoms with van der Waals surface area (Å²) in [5.74, 6) is -0.548. The number of piperazine rings is 1. The minimum absolute atomic E-state index is 0.152. The van der Waals surface area contributed by atoms with Gasteiger partial charge in [-0.2, -0.15) is 0 Å². The van der Waals surface area contributed by atoms with Gasteiger partial charge < -0.3 is 25.0 Å². The van der Waals surface area contributed by atoms with Crippen molar-refractivity contribution < 1.29 is 24.0 Å². The topological polar surface area (TPSA) is 128 Å². The van der Waals surface area contributed by atoms with Crippen molar-refractivity contribution >= 4 is 23.4 Å². The maximum absolute atomic E-state index is 12.3. The molecule has 3 rings (SSSR count). The number of anilines is 1. The predicted octanol–water partition coefficient (Wildman–Crippen LogP) is 1.51. The highest BCUT2D eigenvalue weighted by Gasteiger charge is 2.37. The fourth-order valence-corrected chi connectivity index (χ4v) is 3.24. The van der Waals surface area contributed by atoms with Crippen molar-refractivity contribution in [3.63, 3.8) is 0 Å². The van der Waals surface area contributed by atoms with Gasteiger partial charge in [-0.05, 0) is 26.8 Å². The first kappa shape index (κ1) is 18.7. The van der Waals surface area contributed by atoms with Crippen LogP contribution in [0, 0.1) is 10.1 Å². The average molecular weight is 378 g/mol. The summed E-state index contributed by atoms with van der Waals surface area (Å²) in [4.78, 5) is 38.1. The SMILES string of the molecule is CC(C)(C)OC(=O)N1CCN2c3cc(C(N)=O)c([N+](=O)[O-])cc3OCC2C1. The molecule has 2 heterocycles. The number of carbonyl (C=O) groups excluding carboxylic acids is 2. The number of nitrogens with zero attached hydrogens (tertiary/aromatic N) is 3. The number of primary amides is 1. The second-order valence-corrected chi connectivity index (χ2v) is 7.54. The van der Waals surface area contributed by atoms with Gasteiger partial charge in [0.15, 0.2) is 0 Å². The maximum Gasteiger partial charge on any atom is 0.410 e. The van der Waals surface area contributed by atoms with Gasteiger partial charge in [0.1, 0.15) is 23.5 Å². The summed E-state index contributed by atoms with van der Waals surface area (Å²) in [6.45, 7) is 6.97. The van der Waals surface area contributed by atoms with Gasteiger partial charge in [-0.25, -0.2) is 4.79 Å². The summed E-state index contributed by atoms with van der Waals surface area (Å²) in [5, 5.41) is 11.2. The molecular weight excluding hydrogens is 356 g/mol. The number of nitro groups is 1. The number of benzene rings is 1. The molecule has 0 spiro atoms. The number of amides is 2. The van der Waals surface area contributed by atoms with E-state index in [0.717, 1.165) is 0 Å². The molecule has 2 aliphatic rings. The van der Waals surface area contributed by atoms with Crippen LogP contribution >= 0.6 is 0 Å². The average Bonchev–Trinajstić information content (AvgIpc) is 2.58. The normalized spacial score (nSPS) is 18.9. The molecule has 27 heavy (non-hydrogen) atoms. The van der Waals surface area contributed by atoms with Crippen molar-refractivity contribution in [2.24, 2.45) is 5.73 Å². The number of nitro benzene ring substituents is 1. The molecule has 1 saturated heterocycles. The van der Waals surface area contributed by atoms with Crippen molar-refractivity contribution in [1.82, 2.24) is 4.90 Å². The van der Waals surface area contributed by atoms with Crippen LogP contribution in [0.5, 0.6) is 5.75 Å². The third-order valence-corrected chi connectivity index (χ3v) is 4.41. The molecule has 0 bridgehead atoms. The van der Waals surface area contributed by atoms with Gasteiger partial charge in [0.25, 0.3) is 11.6 Å². The zero-order valence-electron chi connectivity index (χ0n) is 15.4. The number of hydrogen-bond donors (Lipinski definition) is 1. The first-order chi connectivity index (χ1) is 12.6. The van der Waals surface area contributed by atoms with E-state index in [2.05, 4.69) is 0 Å². The van der Waals surface area contributed by atoms with Crippen molar-refractivity contribution in [3.8, 4) is 5.75 Å². The molecule has 2 amide bonds. The van der Waals surface area contributed by atoms with Crippen LogP contribution in [0.2, 0.25) is 0 Å². The quantitative estimate of drug-likeness (QED) is 0.610. The zero-order chi connectivity index (χ0) is 19.9. The van der Waals surface area contributed by atoms with Crippen LogP contribution in [-0.4, -0.2) is 59.7 Å². The molecule has 0 saturated carbocycles.